The largest absolute Gasteiger partial charge is 0.493 e. The summed E-state index contributed by atoms with van der Waals surface area (Å²) in [6, 6.07) is 10.3. The second kappa shape index (κ2) is 9.19. The fourth-order valence-electron chi connectivity index (χ4n) is 6.00. The number of ether oxygens (including phenoxy) is 2. The molecule has 2 aromatic rings. The summed E-state index contributed by atoms with van der Waals surface area (Å²) < 4.78 is 10.6. The number of anilines is 1. The number of methoxy groups -OCH3 is 2. The third-order valence-electron chi connectivity index (χ3n) is 7.70. The highest BCUT2D eigenvalue weighted by Gasteiger charge is 2.70. The van der Waals surface area contributed by atoms with Crippen LogP contribution < -0.4 is 20.1 Å². The molecule has 3 N–H and O–H groups in total. The zero-order valence-corrected chi connectivity index (χ0v) is 20.9. The molecule has 0 radical (unpaired) electrons. The molecule has 0 unspecified atom stereocenters. The number of carbonyl (C=O) groups is 4. The van der Waals surface area contributed by atoms with Crippen LogP contribution in [-0.2, 0) is 31.1 Å². The van der Waals surface area contributed by atoms with Gasteiger partial charge in [0.05, 0.1) is 26.1 Å². The maximum atomic E-state index is 13.9. The van der Waals surface area contributed by atoms with Gasteiger partial charge in [-0.15, -0.1) is 0 Å². The average molecular weight is 508 g/mol. The van der Waals surface area contributed by atoms with Crippen molar-refractivity contribution in [3.63, 3.8) is 0 Å². The number of carbonyl (C=O) groups excluding carboxylic acids is 3. The van der Waals surface area contributed by atoms with Gasteiger partial charge in [-0.3, -0.25) is 29.4 Å². The van der Waals surface area contributed by atoms with Gasteiger partial charge in [0.1, 0.15) is 5.54 Å². The van der Waals surface area contributed by atoms with Gasteiger partial charge in [0, 0.05) is 30.3 Å². The molecule has 2 fully saturated rings. The second-order valence-electron chi connectivity index (χ2n) is 9.77. The molecule has 3 aliphatic rings. The van der Waals surface area contributed by atoms with Crippen LogP contribution in [-0.4, -0.2) is 60.5 Å². The Balaban J connectivity index is 1.48. The molecule has 5 rings (SSSR count). The summed E-state index contributed by atoms with van der Waals surface area (Å²) in [6.45, 7) is 2.02. The molecule has 3 heterocycles. The number of carboxylic acids is 1. The van der Waals surface area contributed by atoms with Crippen LogP contribution in [0.25, 0.3) is 0 Å². The molecule has 0 bridgehead atoms. The number of nitrogens with zero attached hydrogens (tertiary/aromatic N) is 1. The number of aliphatic carboxylic acids is 1. The molecular formula is C27H29N3O7. The first-order valence-electron chi connectivity index (χ1n) is 12.2. The highest BCUT2D eigenvalue weighted by molar-refractivity contribution is 6.15. The Morgan fingerprint density at radius 1 is 1.05 bits per heavy atom. The van der Waals surface area contributed by atoms with Crippen molar-refractivity contribution in [2.45, 2.75) is 37.8 Å². The first kappa shape index (κ1) is 24.8. The van der Waals surface area contributed by atoms with Crippen LogP contribution in [0.4, 0.5) is 5.69 Å². The number of aryl methyl sites for hydroxylation is 1. The SMILES string of the molecule is COc1ccc(CCN2C(=O)[C@@H]3[C@@H](CCC(=O)O)N[C@]4(C(=O)Nc5ccc(C)cc54)[C@H]3C2=O)cc1OC. The number of imide groups is 1. The van der Waals surface area contributed by atoms with Gasteiger partial charge in [-0.25, -0.2) is 0 Å². The lowest BCUT2D eigenvalue weighted by atomic mass is 9.76. The van der Waals surface area contributed by atoms with E-state index in [1.54, 1.807) is 25.3 Å². The molecular weight excluding hydrogens is 478 g/mol. The van der Waals surface area contributed by atoms with E-state index in [9.17, 15) is 24.3 Å². The van der Waals surface area contributed by atoms with E-state index in [0.29, 0.717) is 29.2 Å². The summed E-state index contributed by atoms with van der Waals surface area (Å²) in [7, 11) is 3.08. The summed E-state index contributed by atoms with van der Waals surface area (Å²) in [6.07, 6.45) is 0.320. The number of amides is 3. The summed E-state index contributed by atoms with van der Waals surface area (Å²) in [5, 5.41) is 15.4. The van der Waals surface area contributed by atoms with Crippen molar-refractivity contribution in [1.82, 2.24) is 10.2 Å². The van der Waals surface area contributed by atoms with Crippen LogP contribution in [0.3, 0.4) is 0 Å². The Morgan fingerprint density at radius 2 is 1.81 bits per heavy atom. The predicted octanol–water partition coefficient (Wildman–Crippen LogP) is 1.84. The average Bonchev–Trinajstić information content (AvgIpc) is 3.45. The number of hydrogen-bond acceptors (Lipinski definition) is 7. The van der Waals surface area contributed by atoms with E-state index < -0.39 is 41.2 Å². The zero-order chi connectivity index (χ0) is 26.5. The van der Waals surface area contributed by atoms with Gasteiger partial charge in [0.25, 0.3) is 0 Å². The van der Waals surface area contributed by atoms with Crippen LogP contribution in [0.15, 0.2) is 36.4 Å². The number of nitrogens with one attached hydrogen (secondary N) is 2. The topological polar surface area (TPSA) is 134 Å². The Bertz CT molecular complexity index is 1310. The summed E-state index contributed by atoms with van der Waals surface area (Å²) in [5.74, 6) is -2.90. The van der Waals surface area contributed by atoms with Gasteiger partial charge in [0.15, 0.2) is 11.5 Å². The van der Waals surface area contributed by atoms with E-state index in [1.807, 2.05) is 25.1 Å². The number of fused-ring (bicyclic) bond motifs is 4. The van der Waals surface area contributed by atoms with Crippen LogP contribution in [0.5, 0.6) is 11.5 Å². The third-order valence-corrected chi connectivity index (χ3v) is 7.70. The maximum absolute atomic E-state index is 13.9. The molecule has 10 nitrogen and oxygen atoms in total. The normalized spacial score (nSPS) is 25.9. The van der Waals surface area contributed by atoms with Crippen LogP contribution in [0.2, 0.25) is 0 Å². The molecule has 4 atom stereocenters. The maximum Gasteiger partial charge on any atom is 0.303 e. The van der Waals surface area contributed by atoms with Crippen molar-refractivity contribution >= 4 is 29.4 Å². The molecule has 0 aliphatic carbocycles. The van der Waals surface area contributed by atoms with Gasteiger partial charge in [-0.05, 0) is 43.5 Å². The predicted molar refractivity (Wildman–Crippen MR) is 132 cm³/mol. The van der Waals surface area contributed by atoms with Crippen LogP contribution >= 0.6 is 0 Å². The highest BCUT2D eigenvalue weighted by Crippen LogP contribution is 2.53. The van der Waals surface area contributed by atoms with Crippen LogP contribution in [0, 0.1) is 18.8 Å². The van der Waals surface area contributed by atoms with E-state index in [1.165, 1.54) is 12.0 Å². The first-order valence-corrected chi connectivity index (χ1v) is 12.2. The number of benzene rings is 2. The molecule has 1 spiro atoms. The zero-order valence-electron chi connectivity index (χ0n) is 20.9. The van der Waals surface area contributed by atoms with Crippen molar-refractivity contribution in [3.05, 3.63) is 53.1 Å². The standard InChI is InChI=1S/C27H29N3O7/c1-14-4-6-17-16(12-14)27(26(35)28-17)23-22(18(29-27)7-9-21(31)32)24(33)30(25(23)34)11-10-15-5-8-19(36-2)20(13-15)37-3/h4-6,8,12-13,18,22-23,29H,7,9-11H2,1-3H3,(H,28,35)(H,31,32)/t18-,22-,23-,27+/m1/s1. The van der Waals surface area contributed by atoms with E-state index in [-0.39, 0.29) is 25.3 Å². The molecule has 0 saturated carbocycles. The Morgan fingerprint density at radius 3 is 2.51 bits per heavy atom. The lowest BCUT2D eigenvalue weighted by molar-refractivity contribution is -0.143. The van der Waals surface area contributed by atoms with E-state index >= 15 is 0 Å². The Kier molecular flexibility index (Phi) is 6.15. The molecule has 3 amide bonds. The first-order chi connectivity index (χ1) is 17.7. The van der Waals surface area contributed by atoms with Crippen LogP contribution in [0.1, 0.15) is 29.5 Å². The smallest absolute Gasteiger partial charge is 0.303 e. The highest BCUT2D eigenvalue weighted by atomic mass is 16.5. The summed E-state index contributed by atoms with van der Waals surface area (Å²) in [5.41, 5.74) is 1.53. The molecule has 10 heteroatoms. The Hall–Kier alpha value is -3.92. The monoisotopic (exact) mass is 507 g/mol. The van der Waals surface area contributed by atoms with Gasteiger partial charge in [0.2, 0.25) is 17.7 Å². The molecule has 0 aromatic heterocycles. The fourth-order valence-corrected chi connectivity index (χ4v) is 6.00. The van der Waals surface area contributed by atoms with Gasteiger partial charge in [-0.1, -0.05) is 23.8 Å². The van der Waals surface area contributed by atoms with Gasteiger partial charge >= 0.3 is 5.97 Å². The lowest BCUT2D eigenvalue weighted by Crippen LogP contribution is -2.53. The third kappa shape index (κ3) is 3.83. The van der Waals surface area contributed by atoms with E-state index in [4.69, 9.17) is 9.47 Å². The minimum absolute atomic E-state index is 0.120. The molecule has 3 aliphatic heterocycles. The molecule has 37 heavy (non-hydrogen) atoms. The molecule has 2 saturated heterocycles. The van der Waals surface area contributed by atoms with E-state index in [2.05, 4.69) is 10.6 Å². The minimum atomic E-state index is -1.43. The van der Waals surface area contributed by atoms with Crippen molar-refractivity contribution in [2.24, 2.45) is 11.8 Å². The lowest BCUT2D eigenvalue weighted by Gasteiger charge is -2.29. The van der Waals surface area contributed by atoms with Crippen molar-refractivity contribution in [3.8, 4) is 11.5 Å². The Labute approximate surface area is 213 Å². The quantitative estimate of drug-likeness (QED) is 0.461. The van der Waals surface area contributed by atoms with Crippen molar-refractivity contribution < 1.29 is 33.8 Å². The van der Waals surface area contributed by atoms with Crippen molar-refractivity contribution in [1.29, 1.82) is 0 Å². The number of likely N-dealkylation sites (tertiary alicyclic amines) is 1. The number of rotatable bonds is 8. The fraction of sp³-hybridized carbons (Fsp3) is 0.407. The molecule has 194 valence electrons. The molecule has 2 aromatic carbocycles. The second-order valence-corrected chi connectivity index (χ2v) is 9.77. The van der Waals surface area contributed by atoms with Crippen molar-refractivity contribution in [2.75, 3.05) is 26.1 Å². The van der Waals surface area contributed by atoms with Gasteiger partial charge in [-0.2, -0.15) is 0 Å². The number of carboxylic acid groups (broad SMARTS) is 1. The van der Waals surface area contributed by atoms with Gasteiger partial charge < -0.3 is 19.9 Å². The van der Waals surface area contributed by atoms with E-state index in [0.717, 1.165) is 11.1 Å². The summed E-state index contributed by atoms with van der Waals surface area (Å²) >= 11 is 0. The summed E-state index contributed by atoms with van der Waals surface area (Å²) in [4.78, 5) is 53.6. The minimum Gasteiger partial charge on any atom is -0.493 e. The number of hydrogen-bond donors (Lipinski definition) is 3.